The molecule has 0 radical (unpaired) electrons. The van der Waals surface area contributed by atoms with E-state index in [1.54, 1.807) is 20.8 Å². The molecule has 0 aliphatic carbocycles. The van der Waals surface area contributed by atoms with E-state index >= 15 is 0 Å². The lowest BCUT2D eigenvalue weighted by Crippen LogP contribution is -2.37. The van der Waals surface area contributed by atoms with Gasteiger partial charge in [0.25, 0.3) is 0 Å². The molecule has 0 aliphatic rings. The highest BCUT2D eigenvalue weighted by Gasteiger charge is 2.17. The van der Waals surface area contributed by atoms with Crippen LogP contribution in [0.5, 0.6) is 0 Å². The summed E-state index contributed by atoms with van der Waals surface area (Å²) in [5.41, 5.74) is 0.832. The van der Waals surface area contributed by atoms with Crippen molar-refractivity contribution >= 4 is 28.9 Å². The Kier molecular flexibility index (Phi) is 4.30. The summed E-state index contributed by atoms with van der Waals surface area (Å²) in [6.45, 7) is 6.90. The van der Waals surface area contributed by atoms with Gasteiger partial charge in [-0.15, -0.1) is 0 Å². The topological polar surface area (TPSA) is 109 Å². The maximum atomic E-state index is 11.8. The molecule has 0 saturated heterocycles. The van der Waals surface area contributed by atoms with Crippen LogP contribution in [0.1, 0.15) is 26.5 Å². The van der Waals surface area contributed by atoms with E-state index in [9.17, 15) is 9.59 Å². The third-order valence-electron chi connectivity index (χ3n) is 2.61. The number of H-pyrrole nitrogens is 1. The van der Waals surface area contributed by atoms with Crippen LogP contribution in [-0.4, -0.2) is 39.3 Å². The Morgan fingerprint density at radius 2 is 2.05 bits per heavy atom. The van der Waals surface area contributed by atoms with Crippen LogP contribution in [0.4, 0.5) is 10.6 Å². The Morgan fingerprint density at radius 1 is 1.32 bits per heavy atom. The second-order valence-corrected chi connectivity index (χ2v) is 5.82. The number of carbonyl (C=O) groups excluding carboxylic acids is 2. The average Bonchev–Trinajstić information content (AvgIpc) is 2.77. The number of hydrogen-bond donors (Lipinski definition) is 3. The lowest BCUT2D eigenvalue weighted by atomic mass is 10.2. The van der Waals surface area contributed by atoms with E-state index < -0.39 is 17.6 Å². The largest absolute Gasteiger partial charge is 0.444 e. The number of pyridine rings is 1. The monoisotopic (exact) mass is 305 g/mol. The first-order valence-electron chi connectivity index (χ1n) is 6.83. The third kappa shape index (κ3) is 4.18. The molecule has 2 aromatic rings. The maximum Gasteiger partial charge on any atom is 0.408 e. The first-order valence-corrected chi connectivity index (χ1v) is 6.83. The molecule has 118 valence electrons. The molecule has 8 nitrogen and oxygen atoms in total. The number of alkyl carbamates (subject to hydrolysis) is 1. The number of anilines is 1. The number of aromatic nitrogens is 3. The van der Waals surface area contributed by atoms with Crippen molar-refractivity contribution in [2.24, 2.45) is 0 Å². The van der Waals surface area contributed by atoms with Gasteiger partial charge in [0.05, 0.1) is 5.39 Å². The predicted molar refractivity (Wildman–Crippen MR) is 81.5 cm³/mol. The zero-order valence-electron chi connectivity index (χ0n) is 13.0. The molecule has 2 amide bonds. The van der Waals surface area contributed by atoms with E-state index in [2.05, 4.69) is 25.8 Å². The van der Waals surface area contributed by atoms with E-state index in [1.807, 2.05) is 19.1 Å². The minimum Gasteiger partial charge on any atom is -0.444 e. The molecule has 3 N–H and O–H groups in total. The van der Waals surface area contributed by atoms with Gasteiger partial charge in [-0.05, 0) is 39.8 Å². The van der Waals surface area contributed by atoms with Gasteiger partial charge in [-0.25, -0.2) is 9.78 Å². The molecule has 2 heterocycles. The Hall–Kier alpha value is -2.64. The molecule has 0 atom stereocenters. The van der Waals surface area contributed by atoms with E-state index in [0.29, 0.717) is 16.9 Å². The van der Waals surface area contributed by atoms with Crippen LogP contribution in [0, 0.1) is 6.92 Å². The van der Waals surface area contributed by atoms with Gasteiger partial charge in [0.2, 0.25) is 5.91 Å². The molecule has 2 rings (SSSR count). The minimum absolute atomic E-state index is 0.206. The molecular weight excluding hydrogens is 286 g/mol. The molecule has 22 heavy (non-hydrogen) atoms. The number of fused-ring (bicyclic) bond motifs is 1. The van der Waals surface area contributed by atoms with E-state index in [1.165, 1.54) is 0 Å². The summed E-state index contributed by atoms with van der Waals surface area (Å²) in [6.07, 6.45) is -0.646. The quantitative estimate of drug-likeness (QED) is 0.800. The Morgan fingerprint density at radius 3 is 2.73 bits per heavy atom. The zero-order valence-corrected chi connectivity index (χ0v) is 13.0. The van der Waals surface area contributed by atoms with Crippen LogP contribution in [0.25, 0.3) is 11.0 Å². The minimum atomic E-state index is -0.646. The van der Waals surface area contributed by atoms with Gasteiger partial charge in [-0.3, -0.25) is 9.89 Å². The van der Waals surface area contributed by atoms with E-state index in [-0.39, 0.29) is 6.54 Å². The predicted octanol–water partition coefficient (Wildman–Crippen LogP) is 1.73. The number of aryl methyl sites for hydroxylation is 1. The zero-order chi connectivity index (χ0) is 16.3. The summed E-state index contributed by atoms with van der Waals surface area (Å²) in [5.74, 6) is -0.0293. The Labute approximate surface area is 127 Å². The van der Waals surface area contributed by atoms with Gasteiger partial charge in [-0.1, -0.05) is 0 Å². The summed E-state index contributed by atoms with van der Waals surface area (Å²) in [7, 11) is 0. The number of nitrogens with zero attached hydrogens (tertiary/aromatic N) is 2. The molecule has 0 fully saturated rings. The average molecular weight is 305 g/mol. The van der Waals surface area contributed by atoms with Gasteiger partial charge < -0.3 is 15.4 Å². The standard InChI is InChI=1S/C14H19N5O3/c1-8-5-6-9-11(16-8)18-19-12(9)17-10(20)7-15-13(21)22-14(2,3)4/h5-6H,7H2,1-4H3,(H,15,21)(H2,16,17,18,19,20). The molecule has 8 heteroatoms. The van der Waals surface area contributed by atoms with Gasteiger partial charge in [0.15, 0.2) is 11.5 Å². The summed E-state index contributed by atoms with van der Waals surface area (Å²) < 4.78 is 5.04. The van der Waals surface area contributed by atoms with Crippen molar-refractivity contribution in [2.45, 2.75) is 33.3 Å². The second kappa shape index (κ2) is 6.00. The van der Waals surface area contributed by atoms with Crippen LogP contribution in [0.2, 0.25) is 0 Å². The van der Waals surface area contributed by atoms with Crippen LogP contribution < -0.4 is 10.6 Å². The van der Waals surface area contributed by atoms with Gasteiger partial charge in [-0.2, -0.15) is 5.10 Å². The number of rotatable bonds is 3. The van der Waals surface area contributed by atoms with Crippen LogP contribution in [0.15, 0.2) is 12.1 Å². The van der Waals surface area contributed by atoms with Crippen molar-refractivity contribution in [3.05, 3.63) is 17.8 Å². The Balaban J connectivity index is 1.93. The van der Waals surface area contributed by atoms with Crippen molar-refractivity contribution in [1.82, 2.24) is 20.5 Å². The van der Waals surface area contributed by atoms with Gasteiger partial charge in [0, 0.05) is 5.69 Å². The van der Waals surface area contributed by atoms with Crippen LogP contribution in [-0.2, 0) is 9.53 Å². The SMILES string of the molecule is Cc1ccc2c(NC(=O)CNC(=O)OC(C)(C)C)n[nH]c2n1. The Bertz CT molecular complexity index is 702. The van der Waals surface area contributed by atoms with E-state index in [0.717, 1.165) is 5.69 Å². The summed E-state index contributed by atoms with van der Waals surface area (Å²) >= 11 is 0. The highest BCUT2D eigenvalue weighted by Crippen LogP contribution is 2.18. The molecule has 0 spiro atoms. The smallest absolute Gasteiger partial charge is 0.408 e. The highest BCUT2D eigenvalue weighted by atomic mass is 16.6. The summed E-state index contributed by atoms with van der Waals surface area (Å²) in [4.78, 5) is 27.6. The van der Waals surface area contributed by atoms with Crippen molar-refractivity contribution < 1.29 is 14.3 Å². The molecule has 2 aromatic heterocycles. The number of nitrogens with one attached hydrogen (secondary N) is 3. The number of carbonyl (C=O) groups is 2. The molecule has 0 saturated carbocycles. The molecule has 0 bridgehead atoms. The number of ether oxygens (including phenoxy) is 1. The van der Waals surface area contributed by atoms with Crippen molar-refractivity contribution in [2.75, 3.05) is 11.9 Å². The van der Waals surface area contributed by atoms with E-state index in [4.69, 9.17) is 4.74 Å². The first kappa shape index (κ1) is 15.7. The highest BCUT2D eigenvalue weighted by molar-refractivity contribution is 6.00. The first-order chi connectivity index (χ1) is 10.2. The fraction of sp³-hybridized carbons (Fsp3) is 0.429. The number of hydrogen-bond acceptors (Lipinski definition) is 5. The van der Waals surface area contributed by atoms with Crippen molar-refractivity contribution in [1.29, 1.82) is 0 Å². The lowest BCUT2D eigenvalue weighted by Gasteiger charge is -2.19. The number of aromatic amines is 1. The molecule has 0 aromatic carbocycles. The van der Waals surface area contributed by atoms with Crippen molar-refractivity contribution in [3.63, 3.8) is 0 Å². The third-order valence-corrected chi connectivity index (χ3v) is 2.61. The second-order valence-electron chi connectivity index (χ2n) is 5.82. The lowest BCUT2D eigenvalue weighted by molar-refractivity contribution is -0.115. The maximum absolute atomic E-state index is 11.8. The van der Waals surface area contributed by atoms with Gasteiger partial charge >= 0.3 is 6.09 Å². The fourth-order valence-electron chi connectivity index (χ4n) is 1.74. The van der Waals surface area contributed by atoms with Gasteiger partial charge in [0.1, 0.15) is 12.1 Å². The summed E-state index contributed by atoms with van der Waals surface area (Å²) in [6, 6.07) is 3.64. The van der Waals surface area contributed by atoms with Crippen LogP contribution >= 0.6 is 0 Å². The fourth-order valence-corrected chi connectivity index (χ4v) is 1.74. The number of amides is 2. The summed E-state index contributed by atoms with van der Waals surface area (Å²) in [5, 5.41) is 12.4. The normalized spacial score (nSPS) is 11.3. The van der Waals surface area contributed by atoms with Crippen LogP contribution in [0.3, 0.4) is 0 Å². The molecule has 0 unspecified atom stereocenters. The molecule has 0 aliphatic heterocycles. The van der Waals surface area contributed by atoms with Crippen molar-refractivity contribution in [3.8, 4) is 0 Å². The molecular formula is C14H19N5O3.